The number of aromatic nitrogens is 1. The first-order valence-corrected chi connectivity index (χ1v) is 9.71. The van der Waals surface area contributed by atoms with Crippen molar-refractivity contribution in [3.8, 4) is 5.75 Å². The summed E-state index contributed by atoms with van der Waals surface area (Å²) < 4.78 is 28.6. The highest BCUT2D eigenvalue weighted by Crippen LogP contribution is 2.24. The molecule has 1 heterocycles. The van der Waals surface area contributed by atoms with Crippen molar-refractivity contribution in [2.75, 3.05) is 11.9 Å². The smallest absolute Gasteiger partial charge is 0.387 e. The lowest BCUT2D eigenvalue weighted by molar-refractivity contribution is -0.0498. The highest BCUT2D eigenvalue weighted by Gasteiger charge is 2.11. The topological polar surface area (TPSA) is 63.2 Å². The number of allylic oxidation sites excluding steroid dienone is 1. The molecular formula is C19H21F2N3O2S. The number of ether oxygens (including phenoxy) is 1. The molecule has 0 unspecified atom stereocenters. The normalized spacial score (nSPS) is 14.0. The van der Waals surface area contributed by atoms with E-state index in [1.807, 2.05) is 0 Å². The van der Waals surface area contributed by atoms with E-state index in [0.29, 0.717) is 23.1 Å². The summed E-state index contributed by atoms with van der Waals surface area (Å²) in [4.78, 5) is 16.5. The summed E-state index contributed by atoms with van der Waals surface area (Å²) in [6.45, 7) is -2.24. The molecular weight excluding hydrogens is 372 g/mol. The number of amides is 1. The summed E-state index contributed by atoms with van der Waals surface area (Å²) in [6, 6.07) is 6.10. The average Bonchev–Trinajstić information content (AvgIpc) is 3.12. The van der Waals surface area contributed by atoms with Crippen LogP contribution in [0.4, 0.5) is 19.6 Å². The van der Waals surface area contributed by atoms with Crippen LogP contribution in [0.2, 0.25) is 0 Å². The Morgan fingerprint density at radius 2 is 2.07 bits per heavy atom. The first-order valence-electron chi connectivity index (χ1n) is 8.84. The van der Waals surface area contributed by atoms with E-state index >= 15 is 0 Å². The fourth-order valence-corrected chi connectivity index (χ4v) is 3.55. The van der Waals surface area contributed by atoms with Crippen LogP contribution >= 0.6 is 11.3 Å². The molecule has 1 aliphatic carbocycles. The van der Waals surface area contributed by atoms with Crippen molar-refractivity contribution in [1.29, 1.82) is 0 Å². The van der Waals surface area contributed by atoms with Gasteiger partial charge in [-0.05, 0) is 56.4 Å². The Morgan fingerprint density at radius 3 is 2.78 bits per heavy atom. The lowest BCUT2D eigenvalue weighted by atomic mass is 9.97. The van der Waals surface area contributed by atoms with Crippen LogP contribution in [0.3, 0.4) is 0 Å². The molecule has 5 nitrogen and oxygen atoms in total. The number of hydrogen-bond donors (Lipinski definition) is 2. The van der Waals surface area contributed by atoms with Crippen LogP contribution in [0, 0.1) is 0 Å². The number of carbonyl (C=O) groups excluding carboxylic acids is 1. The van der Waals surface area contributed by atoms with Gasteiger partial charge in [0.2, 0.25) is 0 Å². The molecule has 1 aliphatic rings. The van der Waals surface area contributed by atoms with Crippen molar-refractivity contribution in [1.82, 2.24) is 10.3 Å². The maximum Gasteiger partial charge on any atom is 0.387 e. The van der Waals surface area contributed by atoms with E-state index in [1.54, 1.807) is 17.5 Å². The number of halogens is 2. The van der Waals surface area contributed by atoms with E-state index in [1.165, 1.54) is 41.9 Å². The summed E-state index contributed by atoms with van der Waals surface area (Å²) in [7, 11) is 0. The van der Waals surface area contributed by atoms with Gasteiger partial charge >= 0.3 is 6.61 Å². The minimum absolute atomic E-state index is 0.0860. The van der Waals surface area contributed by atoms with Gasteiger partial charge in [-0.25, -0.2) is 4.98 Å². The number of thiazole rings is 1. The first kappa shape index (κ1) is 19.3. The standard InChI is InChI=1S/C19H21F2N3O2S/c20-18(21)26-15-8-6-14(7-9-15)23-19-24-16(12-27-19)17(25)22-11-10-13-4-2-1-3-5-13/h4,6-9,12,18H,1-3,5,10-11H2,(H,22,25)(H,23,24). The van der Waals surface area contributed by atoms with Gasteiger partial charge in [0.1, 0.15) is 11.4 Å². The van der Waals surface area contributed by atoms with Crippen LogP contribution in [-0.4, -0.2) is 24.0 Å². The third-order valence-corrected chi connectivity index (χ3v) is 4.94. The third-order valence-electron chi connectivity index (χ3n) is 4.18. The number of nitrogens with one attached hydrogen (secondary N) is 2. The zero-order chi connectivity index (χ0) is 19.1. The Kier molecular flexibility index (Phi) is 6.75. The number of benzene rings is 1. The molecule has 8 heteroatoms. The van der Waals surface area contributed by atoms with Crippen molar-refractivity contribution in [3.05, 3.63) is 47.0 Å². The molecule has 1 aromatic heterocycles. The number of carbonyl (C=O) groups is 1. The van der Waals surface area contributed by atoms with Crippen LogP contribution in [0.15, 0.2) is 41.3 Å². The lowest BCUT2D eigenvalue weighted by Crippen LogP contribution is -2.25. The molecule has 2 aromatic rings. The minimum atomic E-state index is -2.85. The molecule has 2 N–H and O–H groups in total. The molecule has 0 saturated heterocycles. The van der Waals surface area contributed by atoms with Gasteiger partial charge in [0.25, 0.3) is 5.91 Å². The highest BCUT2D eigenvalue weighted by atomic mass is 32.1. The Morgan fingerprint density at radius 1 is 1.26 bits per heavy atom. The Bertz CT molecular complexity index is 791. The van der Waals surface area contributed by atoms with Crippen LogP contribution in [0.5, 0.6) is 5.75 Å². The lowest BCUT2D eigenvalue weighted by Gasteiger charge is -2.12. The molecule has 144 valence electrons. The Balaban J connectivity index is 1.48. The maximum atomic E-state index is 12.2. The average molecular weight is 393 g/mol. The maximum absolute atomic E-state index is 12.2. The second-order valence-corrected chi connectivity index (χ2v) is 7.04. The molecule has 0 radical (unpaired) electrons. The second-order valence-electron chi connectivity index (χ2n) is 6.18. The predicted molar refractivity (Wildman–Crippen MR) is 102 cm³/mol. The van der Waals surface area contributed by atoms with Crippen molar-refractivity contribution < 1.29 is 18.3 Å². The van der Waals surface area contributed by atoms with E-state index in [4.69, 9.17) is 0 Å². The predicted octanol–water partition coefficient (Wildman–Crippen LogP) is 5.11. The SMILES string of the molecule is O=C(NCCC1=CCCCC1)c1csc(Nc2ccc(OC(F)F)cc2)n1. The van der Waals surface area contributed by atoms with Gasteiger partial charge in [-0.3, -0.25) is 4.79 Å². The van der Waals surface area contributed by atoms with Gasteiger partial charge in [-0.2, -0.15) is 8.78 Å². The van der Waals surface area contributed by atoms with E-state index < -0.39 is 6.61 Å². The van der Waals surface area contributed by atoms with Crippen LogP contribution < -0.4 is 15.4 Å². The summed E-state index contributed by atoms with van der Waals surface area (Å²) in [6.07, 6.45) is 7.91. The van der Waals surface area contributed by atoms with E-state index in [9.17, 15) is 13.6 Å². The van der Waals surface area contributed by atoms with Crippen molar-refractivity contribution in [2.45, 2.75) is 38.7 Å². The molecule has 1 amide bonds. The molecule has 27 heavy (non-hydrogen) atoms. The van der Waals surface area contributed by atoms with Crippen molar-refractivity contribution in [2.24, 2.45) is 0 Å². The molecule has 3 rings (SSSR count). The molecule has 1 aromatic carbocycles. The highest BCUT2D eigenvalue weighted by molar-refractivity contribution is 7.14. The number of hydrogen-bond acceptors (Lipinski definition) is 5. The molecule has 0 spiro atoms. The summed E-state index contributed by atoms with van der Waals surface area (Å²) in [5, 5.41) is 8.18. The number of nitrogens with zero attached hydrogens (tertiary/aromatic N) is 1. The van der Waals surface area contributed by atoms with E-state index in [2.05, 4.69) is 26.4 Å². The minimum Gasteiger partial charge on any atom is -0.435 e. The molecule has 0 bridgehead atoms. The zero-order valence-corrected chi connectivity index (χ0v) is 15.5. The molecule has 0 saturated carbocycles. The summed E-state index contributed by atoms with van der Waals surface area (Å²) in [5.41, 5.74) is 2.45. The second kappa shape index (κ2) is 9.45. The number of anilines is 2. The van der Waals surface area contributed by atoms with Crippen LogP contribution in [-0.2, 0) is 0 Å². The Labute approximate surface area is 160 Å². The van der Waals surface area contributed by atoms with Gasteiger partial charge in [-0.15, -0.1) is 11.3 Å². The molecule has 0 aliphatic heterocycles. The number of alkyl halides is 2. The van der Waals surface area contributed by atoms with Crippen LogP contribution in [0.1, 0.15) is 42.6 Å². The Hall–Kier alpha value is -2.48. The fraction of sp³-hybridized carbons (Fsp3) is 0.368. The van der Waals surface area contributed by atoms with E-state index in [-0.39, 0.29) is 11.7 Å². The largest absolute Gasteiger partial charge is 0.435 e. The quantitative estimate of drug-likeness (QED) is 0.612. The zero-order valence-electron chi connectivity index (χ0n) is 14.7. The van der Waals surface area contributed by atoms with Crippen LogP contribution in [0.25, 0.3) is 0 Å². The van der Waals surface area contributed by atoms with Gasteiger partial charge in [0, 0.05) is 17.6 Å². The monoisotopic (exact) mass is 393 g/mol. The summed E-state index contributed by atoms with van der Waals surface area (Å²) >= 11 is 1.30. The van der Waals surface area contributed by atoms with Gasteiger partial charge in [-0.1, -0.05) is 11.6 Å². The van der Waals surface area contributed by atoms with Gasteiger partial charge in [0.15, 0.2) is 5.13 Å². The first-order chi connectivity index (χ1) is 13.1. The van der Waals surface area contributed by atoms with E-state index in [0.717, 1.165) is 19.3 Å². The van der Waals surface area contributed by atoms with Gasteiger partial charge in [0.05, 0.1) is 0 Å². The van der Waals surface area contributed by atoms with Crippen molar-refractivity contribution >= 4 is 28.1 Å². The fourth-order valence-electron chi connectivity index (χ4n) is 2.84. The molecule has 0 fully saturated rings. The molecule has 0 atom stereocenters. The van der Waals surface area contributed by atoms with Crippen molar-refractivity contribution in [3.63, 3.8) is 0 Å². The number of rotatable bonds is 8. The summed E-state index contributed by atoms with van der Waals surface area (Å²) in [5.74, 6) is -0.112. The van der Waals surface area contributed by atoms with Gasteiger partial charge < -0.3 is 15.4 Å². The third kappa shape index (κ3) is 6.02.